The van der Waals surface area contributed by atoms with Crippen molar-refractivity contribution >= 4 is 65.3 Å². The molecule has 112 valence electrons. The molecule has 1 aromatic rings. The summed E-state index contributed by atoms with van der Waals surface area (Å²) in [6.45, 7) is 0. The average Bonchev–Trinajstić information content (AvgIpc) is 2.72. The number of carbonyl (C=O) groups is 2. The summed E-state index contributed by atoms with van der Waals surface area (Å²) in [5.41, 5.74) is -0.362. The van der Waals surface area contributed by atoms with Crippen LogP contribution in [0.3, 0.4) is 0 Å². The Kier molecular flexibility index (Phi) is 4.19. The summed E-state index contributed by atoms with van der Waals surface area (Å²) in [5, 5.41) is 13.2. The number of hydrogen-bond acceptors (Lipinski definition) is 5. The summed E-state index contributed by atoms with van der Waals surface area (Å²) in [6, 6.07) is 2.50. The molecule has 1 amide bonds. The van der Waals surface area contributed by atoms with Crippen LogP contribution < -0.4 is 5.01 Å². The molecule has 0 saturated heterocycles. The zero-order valence-corrected chi connectivity index (χ0v) is 13.9. The second-order valence-corrected chi connectivity index (χ2v) is 7.04. The normalized spacial score (nSPS) is 15.3. The zero-order chi connectivity index (χ0) is 15.9. The van der Waals surface area contributed by atoms with E-state index < -0.39 is 33.3 Å². The quantitative estimate of drug-likeness (QED) is 0.687. The van der Waals surface area contributed by atoms with E-state index in [1.54, 1.807) is 0 Å². The Labute approximate surface area is 135 Å². The smallest absolute Gasteiger partial charge is 0.352 e. The van der Waals surface area contributed by atoms with Gasteiger partial charge in [-0.3, -0.25) is 9.35 Å². The van der Waals surface area contributed by atoms with Gasteiger partial charge in [0.1, 0.15) is 4.90 Å². The molecule has 8 nitrogen and oxygen atoms in total. The minimum absolute atomic E-state index is 0.00162. The van der Waals surface area contributed by atoms with Gasteiger partial charge in [0.25, 0.3) is 16.0 Å². The van der Waals surface area contributed by atoms with Crippen molar-refractivity contribution < 1.29 is 27.7 Å². The van der Waals surface area contributed by atoms with Crippen LogP contribution in [0.25, 0.3) is 0 Å². The molecule has 1 aliphatic rings. The van der Waals surface area contributed by atoms with Crippen molar-refractivity contribution in [3.63, 3.8) is 0 Å². The van der Waals surface area contributed by atoms with E-state index in [4.69, 9.17) is 9.66 Å². The minimum atomic E-state index is -4.54. The van der Waals surface area contributed by atoms with Gasteiger partial charge in [-0.15, -0.1) is 0 Å². The van der Waals surface area contributed by atoms with Crippen molar-refractivity contribution in [3.05, 3.63) is 21.1 Å². The van der Waals surface area contributed by atoms with Crippen LogP contribution in [0.5, 0.6) is 0 Å². The molecule has 0 saturated carbocycles. The Morgan fingerprint density at radius 3 is 2.43 bits per heavy atom. The van der Waals surface area contributed by atoms with Crippen molar-refractivity contribution in [1.82, 2.24) is 0 Å². The molecular formula is C10H6Br2N2O6S. The van der Waals surface area contributed by atoms with E-state index in [0.717, 1.165) is 11.1 Å². The molecular weight excluding hydrogens is 436 g/mol. The summed E-state index contributed by atoms with van der Waals surface area (Å²) < 4.78 is 31.9. The molecule has 0 spiro atoms. The van der Waals surface area contributed by atoms with Crippen molar-refractivity contribution in [2.24, 2.45) is 5.10 Å². The second-order valence-electron chi connectivity index (χ2n) is 3.95. The van der Waals surface area contributed by atoms with Crippen LogP contribution in [-0.2, 0) is 19.7 Å². The van der Waals surface area contributed by atoms with Crippen LogP contribution >= 0.6 is 31.9 Å². The number of carboxylic acids is 1. The van der Waals surface area contributed by atoms with Crippen LogP contribution in [0.4, 0.5) is 5.69 Å². The molecule has 0 aliphatic carbocycles. The maximum atomic E-state index is 11.8. The lowest BCUT2D eigenvalue weighted by Crippen LogP contribution is -2.20. The summed E-state index contributed by atoms with van der Waals surface area (Å²) >= 11 is 6.03. The number of hydrazone groups is 1. The van der Waals surface area contributed by atoms with E-state index in [1.165, 1.54) is 6.07 Å². The van der Waals surface area contributed by atoms with E-state index in [2.05, 4.69) is 37.0 Å². The summed E-state index contributed by atoms with van der Waals surface area (Å²) in [6.07, 6.45) is -0.407. The monoisotopic (exact) mass is 440 g/mol. The fourth-order valence-corrected chi connectivity index (χ4v) is 3.84. The molecule has 2 N–H and O–H groups in total. The van der Waals surface area contributed by atoms with Gasteiger partial charge in [0.2, 0.25) is 0 Å². The molecule has 0 radical (unpaired) electrons. The number of hydrogen-bond donors (Lipinski definition) is 2. The highest BCUT2D eigenvalue weighted by Gasteiger charge is 2.32. The molecule has 1 heterocycles. The van der Waals surface area contributed by atoms with Gasteiger partial charge in [0, 0.05) is 4.47 Å². The van der Waals surface area contributed by atoms with Gasteiger partial charge in [-0.05, 0) is 28.1 Å². The Hall–Kier alpha value is -1.30. The van der Waals surface area contributed by atoms with Crippen LogP contribution in [0.2, 0.25) is 0 Å². The van der Waals surface area contributed by atoms with Crippen molar-refractivity contribution in [1.29, 1.82) is 0 Å². The van der Waals surface area contributed by atoms with E-state index in [0.29, 0.717) is 0 Å². The van der Waals surface area contributed by atoms with Gasteiger partial charge in [-0.25, -0.2) is 4.79 Å². The van der Waals surface area contributed by atoms with Crippen molar-refractivity contribution in [2.75, 3.05) is 5.01 Å². The molecule has 1 aromatic carbocycles. The lowest BCUT2D eigenvalue weighted by Gasteiger charge is -2.15. The standard InChI is InChI=1S/C10H6Br2N2O6S/c11-4-1-6(9(12)7(2-4)21(18,19)20)14-8(15)3-5(13-14)10(16)17/h1-2H,3H2,(H,16,17)(H,18,19,20). The van der Waals surface area contributed by atoms with E-state index in [9.17, 15) is 18.0 Å². The van der Waals surface area contributed by atoms with E-state index >= 15 is 0 Å². The average molecular weight is 442 g/mol. The number of aliphatic carboxylic acids is 1. The van der Waals surface area contributed by atoms with Crippen LogP contribution in [0, 0.1) is 0 Å². The predicted octanol–water partition coefficient (Wildman–Crippen LogP) is 1.64. The van der Waals surface area contributed by atoms with Gasteiger partial charge in [0.15, 0.2) is 5.71 Å². The third-order valence-electron chi connectivity index (χ3n) is 2.51. The fraction of sp³-hybridized carbons (Fsp3) is 0.100. The maximum Gasteiger partial charge on any atom is 0.352 e. The Bertz CT molecular complexity index is 789. The number of benzene rings is 1. The van der Waals surface area contributed by atoms with Crippen LogP contribution in [0.1, 0.15) is 6.42 Å². The highest BCUT2D eigenvalue weighted by molar-refractivity contribution is 9.11. The largest absolute Gasteiger partial charge is 0.477 e. The second kappa shape index (κ2) is 5.48. The lowest BCUT2D eigenvalue weighted by atomic mass is 10.2. The topological polar surface area (TPSA) is 124 Å². The van der Waals surface area contributed by atoms with Gasteiger partial charge in [-0.1, -0.05) is 15.9 Å². The van der Waals surface area contributed by atoms with Gasteiger partial charge in [-0.2, -0.15) is 18.5 Å². The third-order valence-corrected chi connectivity index (χ3v) is 4.94. The van der Waals surface area contributed by atoms with Gasteiger partial charge < -0.3 is 5.11 Å². The summed E-state index contributed by atoms with van der Waals surface area (Å²) in [5.74, 6) is -1.97. The Balaban J connectivity index is 2.63. The molecule has 2 rings (SSSR count). The van der Waals surface area contributed by atoms with E-state index in [1.807, 2.05) is 0 Å². The number of carboxylic acid groups (broad SMARTS) is 1. The summed E-state index contributed by atoms with van der Waals surface area (Å²) in [7, 11) is -4.54. The number of nitrogens with zero attached hydrogens (tertiary/aromatic N) is 2. The minimum Gasteiger partial charge on any atom is -0.477 e. The van der Waals surface area contributed by atoms with E-state index in [-0.39, 0.29) is 20.3 Å². The molecule has 11 heteroatoms. The first-order valence-electron chi connectivity index (χ1n) is 5.21. The first-order valence-corrected chi connectivity index (χ1v) is 8.24. The number of rotatable bonds is 3. The highest BCUT2D eigenvalue weighted by atomic mass is 79.9. The number of anilines is 1. The molecule has 21 heavy (non-hydrogen) atoms. The highest BCUT2D eigenvalue weighted by Crippen LogP contribution is 2.37. The molecule has 0 fully saturated rings. The van der Waals surface area contributed by atoms with Crippen molar-refractivity contribution in [3.8, 4) is 0 Å². The van der Waals surface area contributed by atoms with Crippen LogP contribution in [-0.4, -0.2) is 35.7 Å². The molecule has 0 atom stereocenters. The Morgan fingerprint density at radius 2 is 1.95 bits per heavy atom. The lowest BCUT2D eigenvalue weighted by molar-refractivity contribution is -0.129. The number of carbonyl (C=O) groups excluding carboxylic acids is 1. The molecule has 1 aliphatic heterocycles. The van der Waals surface area contributed by atoms with Gasteiger partial charge >= 0.3 is 5.97 Å². The predicted molar refractivity (Wildman–Crippen MR) is 78.8 cm³/mol. The SMILES string of the molecule is O=C(O)C1=NN(c2cc(Br)cc(S(=O)(=O)O)c2Br)C(=O)C1. The third kappa shape index (κ3) is 3.15. The molecule has 0 aromatic heterocycles. The first kappa shape index (κ1) is 16.1. The zero-order valence-electron chi connectivity index (χ0n) is 9.95. The Morgan fingerprint density at radius 1 is 1.33 bits per heavy atom. The maximum absolute atomic E-state index is 11.8. The number of halogens is 2. The summed E-state index contributed by atoms with van der Waals surface area (Å²) in [4.78, 5) is 22.2. The first-order chi connectivity index (χ1) is 9.61. The fourth-order valence-electron chi connectivity index (χ4n) is 1.63. The molecule has 0 bridgehead atoms. The van der Waals surface area contributed by atoms with Crippen LogP contribution in [0.15, 0.2) is 31.1 Å². The van der Waals surface area contributed by atoms with Crippen molar-refractivity contribution in [2.45, 2.75) is 11.3 Å². The van der Waals surface area contributed by atoms with Gasteiger partial charge in [0.05, 0.1) is 16.6 Å². The number of amides is 1. The molecule has 0 unspecified atom stereocenters.